The molecule has 62 valence electrons. The number of nitrogens with zero attached hydrogens (tertiary/aromatic N) is 1. The Morgan fingerprint density at radius 2 is 2.27 bits per heavy atom. The van der Waals surface area contributed by atoms with Crippen LogP contribution in [0.15, 0.2) is 10.7 Å². The molecule has 0 aliphatic carbocycles. The van der Waals surface area contributed by atoms with Crippen molar-refractivity contribution >= 4 is 0 Å². The van der Waals surface area contributed by atoms with Crippen LogP contribution < -0.4 is 0 Å². The Hall–Kier alpha value is -0.790. The first-order valence-electron chi connectivity index (χ1n) is 4.15. The van der Waals surface area contributed by atoms with E-state index in [0.29, 0.717) is 5.92 Å². The van der Waals surface area contributed by atoms with E-state index in [9.17, 15) is 0 Å². The Bertz CT molecular complexity index is 215. The molecule has 0 saturated heterocycles. The van der Waals surface area contributed by atoms with Gasteiger partial charge in [0.15, 0.2) is 5.89 Å². The molecule has 0 N–H and O–H groups in total. The van der Waals surface area contributed by atoms with E-state index in [1.54, 1.807) is 6.26 Å². The minimum absolute atomic E-state index is 0.623. The fourth-order valence-electron chi connectivity index (χ4n) is 0.954. The smallest absolute Gasteiger partial charge is 0.194 e. The molecule has 0 spiro atoms. The predicted octanol–water partition coefficient (Wildman–Crippen LogP) is 2.44. The molecule has 0 unspecified atom stereocenters. The topological polar surface area (TPSA) is 26.0 Å². The second-order valence-electron chi connectivity index (χ2n) is 3.18. The summed E-state index contributed by atoms with van der Waals surface area (Å²) in [6, 6.07) is 0. The fraction of sp³-hybridized carbons (Fsp3) is 0.667. The minimum Gasteiger partial charge on any atom is -0.449 e. The van der Waals surface area contributed by atoms with Gasteiger partial charge in [0.2, 0.25) is 0 Å². The lowest BCUT2D eigenvalue weighted by atomic mass is 10.1. The highest BCUT2D eigenvalue weighted by Gasteiger charge is 2.03. The maximum atomic E-state index is 5.26. The summed E-state index contributed by atoms with van der Waals surface area (Å²) in [7, 11) is 0. The van der Waals surface area contributed by atoms with Crippen molar-refractivity contribution in [3.63, 3.8) is 0 Å². The normalized spacial score (nSPS) is 10.9. The molecule has 0 aromatic carbocycles. The largest absolute Gasteiger partial charge is 0.449 e. The van der Waals surface area contributed by atoms with E-state index in [0.717, 1.165) is 24.4 Å². The van der Waals surface area contributed by atoms with Gasteiger partial charge in [0.25, 0.3) is 0 Å². The second-order valence-corrected chi connectivity index (χ2v) is 3.18. The molecule has 0 aliphatic rings. The molecule has 2 heteroatoms. The molecule has 1 aromatic heterocycles. The number of rotatable bonds is 3. The molecule has 2 nitrogen and oxygen atoms in total. The number of aromatic nitrogens is 1. The SMILES string of the molecule is CCc1coc(CC(C)C)n1. The highest BCUT2D eigenvalue weighted by atomic mass is 16.3. The van der Waals surface area contributed by atoms with Gasteiger partial charge in [0.1, 0.15) is 6.26 Å². The molecule has 0 saturated carbocycles. The molecule has 0 aliphatic heterocycles. The summed E-state index contributed by atoms with van der Waals surface area (Å²) in [5, 5.41) is 0. The molecule has 0 bridgehead atoms. The monoisotopic (exact) mass is 153 g/mol. The molecule has 1 aromatic rings. The van der Waals surface area contributed by atoms with E-state index in [1.165, 1.54) is 0 Å². The first-order chi connectivity index (χ1) is 5.22. The van der Waals surface area contributed by atoms with Crippen LogP contribution in [0.1, 0.15) is 32.4 Å². The van der Waals surface area contributed by atoms with Crippen molar-refractivity contribution in [1.29, 1.82) is 0 Å². The zero-order valence-corrected chi connectivity index (χ0v) is 7.42. The van der Waals surface area contributed by atoms with Crippen molar-refractivity contribution in [2.75, 3.05) is 0 Å². The van der Waals surface area contributed by atoms with Crippen LogP contribution in [0, 0.1) is 5.92 Å². The number of oxazole rings is 1. The van der Waals surface area contributed by atoms with Gasteiger partial charge in [-0.15, -0.1) is 0 Å². The van der Waals surface area contributed by atoms with Crippen molar-refractivity contribution in [3.8, 4) is 0 Å². The van der Waals surface area contributed by atoms with Gasteiger partial charge < -0.3 is 4.42 Å². The van der Waals surface area contributed by atoms with E-state index in [2.05, 4.69) is 25.8 Å². The van der Waals surface area contributed by atoms with Gasteiger partial charge in [-0.1, -0.05) is 20.8 Å². The van der Waals surface area contributed by atoms with E-state index < -0.39 is 0 Å². The lowest BCUT2D eigenvalue weighted by Gasteiger charge is -1.96. The van der Waals surface area contributed by atoms with E-state index in [-0.39, 0.29) is 0 Å². The zero-order chi connectivity index (χ0) is 8.27. The standard InChI is InChI=1S/C9H15NO/c1-4-8-6-11-9(10-8)5-7(2)3/h6-7H,4-5H2,1-3H3. The van der Waals surface area contributed by atoms with Gasteiger partial charge in [-0.05, 0) is 12.3 Å². The van der Waals surface area contributed by atoms with Crippen molar-refractivity contribution in [1.82, 2.24) is 4.98 Å². The van der Waals surface area contributed by atoms with Crippen LogP contribution in [0.25, 0.3) is 0 Å². The summed E-state index contributed by atoms with van der Waals surface area (Å²) < 4.78 is 5.26. The van der Waals surface area contributed by atoms with Crippen molar-refractivity contribution < 1.29 is 4.42 Å². The van der Waals surface area contributed by atoms with Crippen LogP contribution in [-0.2, 0) is 12.8 Å². The maximum absolute atomic E-state index is 5.26. The maximum Gasteiger partial charge on any atom is 0.194 e. The third-order valence-corrected chi connectivity index (χ3v) is 1.54. The van der Waals surface area contributed by atoms with E-state index >= 15 is 0 Å². The molecule has 0 amide bonds. The fourth-order valence-corrected chi connectivity index (χ4v) is 0.954. The Morgan fingerprint density at radius 3 is 2.73 bits per heavy atom. The number of hydrogen-bond donors (Lipinski definition) is 0. The summed E-state index contributed by atoms with van der Waals surface area (Å²) in [6.45, 7) is 6.41. The van der Waals surface area contributed by atoms with Gasteiger partial charge in [-0.25, -0.2) is 4.98 Å². The van der Waals surface area contributed by atoms with Crippen LogP contribution >= 0.6 is 0 Å². The first kappa shape index (κ1) is 8.31. The Morgan fingerprint density at radius 1 is 1.55 bits per heavy atom. The van der Waals surface area contributed by atoms with Crippen LogP contribution in [0.4, 0.5) is 0 Å². The molecular formula is C9H15NO. The average Bonchev–Trinajstić information content (AvgIpc) is 2.34. The van der Waals surface area contributed by atoms with Gasteiger partial charge in [0.05, 0.1) is 5.69 Å². The van der Waals surface area contributed by atoms with Gasteiger partial charge in [-0.2, -0.15) is 0 Å². The molecule has 0 fully saturated rings. The lowest BCUT2D eigenvalue weighted by Crippen LogP contribution is -1.94. The van der Waals surface area contributed by atoms with Crippen molar-refractivity contribution in [2.24, 2.45) is 5.92 Å². The first-order valence-corrected chi connectivity index (χ1v) is 4.15. The molecule has 11 heavy (non-hydrogen) atoms. The average molecular weight is 153 g/mol. The molecule has 0 radical (unpaired) electrons. The zero-order valence-electron chi connectivity index (χ0n) is 7.42. The quantitative estimate of drug-likeness (QED) is 0.666. The van der Waals surface area contributed by atoms with Crippen LogP contribution in [0.2, 0.25) is 0 Å². The molecule has 1 heterocycles. The van der Waals surface area contributed by atoms with Crippen molar-refractivity contribution in [3.05, 3.63) is 17.8 Å². The predicted molar refractivity (Wildman–Crippen MR) is 44.4 cm³/mol. The third-order valence-electron chi connectivity index (χ3n) is 1.54. The number of aryl methyl sites for hydroxylation is 1. The van der Waals surface area contributed by atoms with Gasteiger partial charge in [-0.3, -0.25) is 0 Å². The van der Waals surface area contributed by atoms with Crippen LogP contribution in [-0.4, -0.2) is 4.98 Å². The highest BCUT2D eigenvalue weighted by molar-refractivity contribution is 4.96. The minimum atomic E-state index is 0.623. The Kier molecular flexibility index (Phi) is 2.69. The molecule has 1 rings (SSSR count). The Labute approximate surface area is 67.6 Å². The molecular weight excluding hydrogens is 138 g/mol. The summed E-state index contributed by atoms with van der Waals surface area (Å²) >= 11 is 0. The summed E-state index contributed by atoms with van der Waals surface area (Å²) in [5.41, 5.74) is 1.06. The summed E-state index contributed by atoms with van der Waals surface area (Å²) in [4.78, 5) is 4.30. The summed E-state index contributed by atoms with van der Waals surface area (Å²) in [6.07, 6.45) is 3.65. The Balaban J connectivity index is 2.58. The third kappa shape index (κ3) is 2.37. The van der Waals surface area contributed by atoms with E-state index in [4.69, 9.17) is 4.42 Å². The second kappa shape index (κ2) is 3.56. The van der Waals surface area contributed by atoms with Gasteiger partial charge >= 0.3 is 0 Å². The van der Waals surface area contributed by atoms with Crippen LogP contribution in [0.3, 0.4) is 0 Å². The number of hydrogen-bond acceptors (Lipinski definition) is 2. The molecule has 0 atom stereocenters. The van der Waals surface area contributed by atoms with Gasteiger partial charge in [0, 0.05) is 6.42 Å². The van der Waals surface area contributed by atoms with Crippen molar-refractivity contribution in [2.45, 2.75) is 33.6 Å². The van der Waals surface area contributed by atoms with E-state index in [1.807, 2.05) is 0 Å². The van der Waals surface area contributed by atoms with Crippen LogP contribution in [0.5, 0.6) is 0 Å². The lowest BCUT2D eigenvalue weighted by molar-refractivity contribution is 0.457. The highest BCUT2D eigenvalue weighted by Crippen LogP contribution is 2.07. The summed E-state index contributed by atoms with van der Waals surface area (Å²) in [5.74, 6) is 1.50.